The Bertz CT molecular complexity index is 645. The molecular weight excluding hydrogens is 216 g/mol. The first kappa shape index (κ1) is 9.86. The molecular formula is C11H10N6. The molecule has 0 aliphatic carbocycles. The molecule has 84 valence electrons. The van der Waals surface area contributed by atoms with Crippen molar-refractivity contribution >= 4 is 5.78 Å². The summed E-state index contributed by atoms with van der Waals surface area (Å²) < 4.78 is 1.64. The third kappa shape index (κ3) is 1.64. The molecule has 0 bridgehead atoms. The lowest BCUT2D eigenvalue weighted by Gasteiger charge is -1.97. The van der Waals surface area contributed by atoms with Crippen LogP contribution in [0.4, 0.5) is 0 Å². The normalized spacial score (nSPS) is 10.9. The van der Waals surface area contributed by atoms with E-state index in [1.807, 2.05) is 24.3 Å². The van der Waals surface area contributed by atoms with Gasteiger partial charge in [-0.3, -0.25) is 4.98 Å². The van der Waals surface area contributed by atoms with E-state index in [2.05, 4.69) is 20.1 Å². The molecule has 3 heterocycles. The van der Waals surface area contributed by atoms with E-state index in [9.17, 15) is 0 Å². The number of hydrogen-bond donors (Lipinski definition) is 1. The molecule has 0 amide bonds. The molecule has 6 nitrogen and oxygen atoms in total. The van der Waals surface area contributed by atoms with Gasteiger partial charge in [0.2, 0.25) is 5.82 Å². The van der Waals surface area contributed by atoms with Gasteiger partial charge in [-0.1, -0.05) is 6.07 Å². The first-order valence-electron chi connectivity index (χ1n) is 5.20. The third-order valence-electron chi connectivity index (χ3n) is 2.42. The summed E-state index contributed by atoms with van der Waals surface area (Å²) in [5, 5.41) is 4.35. The Hall–Kier alpha value is -2.34. The molecule has 0 saturated carbocycles. The van der Waals surface area contributed by atoms with Gasteiger partial charge >= 0.3 is 0 Å². The fourth-order valence-electron chi connectivity index (χ4n) is 1.60. The molecule has 2 N–H and O–H groups in total. The molecule has 0 fully saturated rings. The van der Waals surface area contributed by atoms with Gasteiger partial charge < -0.3 is 5.73 Å². The van der Waals surface area contributed by atoms with Gasteiger partial charge in [0.05, 0.1) is 5.69 Å². The second kappa shape index (κ2) is 3.91. The van der Waals surface area contributed by atoms with Crippen molar-refractivity contribution in [1.82, 2.24) is 24.6 Å². The first-order chi connectivity index (χ1) is 8.38. The lowest BCUT2D eigenvalue weighted by atomic mass is 10.3. The number of hydrogen-bond acceptors (Lipinski definition) is 5. The summed E-state index contributed by atoms with van der Waals surface area (Å²) in [6.45, 7) is 0.393. The number of fused-ring (bicyclic) bond motifs is 1. The largest absolute Gasteiger partial charge is 0.325 e. The van der Waals surface area contributed by atoms with Crippen LogP contribution in [0.1, 0.15) is 5.69 Å². The van der Waals surface area contributed by atoms with Crippen molar-refractivity contribution in [2.75, 3.05) is 0 Å². The molecule has 0 spiro atoms. The molecule has 17 heavy (non-hydrogen) atoms. The highest BCUT2D eigenvalue weighted by atomic mass is 15.3. The van der Waals surface area contributed by atoms with Crippen molar-refractivity contribution in [3.05, 3.63) is 42.4 Å². The van der Waals surface area contributed by atoms with Gasteiger partial charge in [0.1, 0.15) is 5.69 Å². The number of aromatic nitrogens is 5. The van der Waals surface area contributed by atoms with E-state index in [-0.39, 0.29) is 0 Å². The second-order valence-electron chi connectivity index (χ2n) is 3.50. The minimum absolute atomic E-state index is 0.393. The molecule has 0 radical (unpaired) electrons. The maximum atomic E-state index is 5.63. The van der Waals surface area contributed by atoms with Crippen LogP contribution in [0.2, 0.25) is 0 Å². The average Bonchev–Trinajstić information content (AvgIpc) is 2.83. The third-order valence-corrected chi connectivity index (χ3v) is 2.42. The fourth-order valence-corrected chi connectivity index (χ4v) is 1.60. The molecule has 0 unspecified atom stereocenters. The molecule has 3 aromatic heterocycles. The Balaban J connectivity index is 2.20. The van der Waals surface area contributed by atoms with Crippen molar-refractivity contribution in [3.63, 3.8) is 0 Å². The van der Waals surface area contributed by atoms with Crippen LogP contribution in [0.25, 0.3) is 17.3 Å². The SMILES string of the molecule is NCc1ccnc2nc(-c3ccccn3)nn12. The van der Waals surface area contributed by atoms with Gasteiger partial charge in [-0.15, -0.1) is 5.10 Å². The smallest absolute Gasteiger partial charge is 0.253 e. The van der Waals surface area contributed by atoms with E-state index in [4.69, 9.17) is 5.73 Å². The zero-order chi connectivity index (χ0) is 11.7. The lowest BCUT2D eigenvalue weighted by molar-refractivity contribution is 0.836. The lowest BCUT2D eigenvalue weighted by Crippen LogP contribution is -2.05. The number of nitrogens with two attached hydrogens (primary N) is 1. The maximum Gasteiger partial charge on any atom is 0.253 e. The summed E-state index contributed by atoms with van der Waals surface area (Å²) in [6, 6.07) is 7.43. The highest BCUT2D eigenvalue weighted by molar-refractivity contribution is 5.51. The molecule has 0 saturated heterocycles. The zero-order valence-corrected chi connectivity index (χ0v) is 8.98. The van der Waals surface area contributed by atoms with E-state index in [1.165, 1.54) is 0 Å². The molecule has 3 rings (SSSR count). The van der Waals surface area contributed by atoms with Crippen LogP contribution >= 0.6 is 0 Å². The Kier molecular flexibility index (Phi) is 2.27. The minimum Gasteiger partial charge on any atom is -0.325 e. The van der Waals surface area contributed by atoms with E-state index in [0.29, 0.717) is 18.1 Å². The van der Waals surface area contributed by atoms with Gasteiger partial charge in [0.25, 0.3) is 5.78 Å². The van der Waals surface area contributed by atoms with Crippen LogP contribution in [-0.4, -0.2) is 24.6 Å². The van der Waals surface area contributed by atoms with E-state index >= 15 is 0 Å². The summed E-state index contributed by atoms with van der Waals surface area (Å²) in [5.41, 5.74) is 7.22. The van der Waals surface area contributed by atoms with E-state index in [0.717, 1.165) is 11.4 Å². The van der Waals surface area contributed by atoms with Gasteiger partial charge in [-0.05, 0) is 18.2 Å². The molecule has 0 aliphatic heterocycles. The van der Waals surface area contributed by atoms with Crippen LogP contribution in [0.5, 0.6) is 0 Å². The summed E-state index contributed by atoms with van der Waals surface area (Å²) >= 11 is 0. The van der Waals surface area contributed by atoms with Gasteiger partial charge in [0.15, 0.2) is 0 Å². The Labute approximate surface area is 97.2 Å². The fraction of sp³-hybridized carbons (Fsp3) is 0.0909. The average molecular weight is 226 g/mol. The van der Waals surface area contributed by atoms with Crippen LogP contribution in [0, 0.1) is 0 Å². The van der Waals surface area contributed by atoms with Gasteiger partial charge in [-0.25, -0.2) is 4.98 Å². The van der Waals surface area contributed by atoms with Crippen LogP contribution in [-0.2, 0) is 6.54 Å². The quantitative estimate of drug-likeness (QED) is 0.693. The summed E-state index contributed by atoms with van der Waals surface area (Å²) in [4.78, 5) is 12.7. The summed E-state index contributed by atoms with van der Waals surface area (Å²) in [7, 11) is 0. The predicted octanol–water partition coefficient (Wildman–Crippen LogP) is 0.645. The molecule has 3 aromatic rings. The minimum atomic E-state index is 0.393. The van der Waals surface area contributed by atoms with Crippen LogP contribution in [0.15, 0.2) is 36.7 Å². The molecule has 0 aliphatic rings. The van der Waals surface area contributed by atoms with Crippen molar-refractivity contribution in [1.29, 1.82) is 0 Å². The standard InChI is InChI=1S/C11H10N6/c12-7-8-4-6-14-11-15-10(16-17(8)11)9-3-1-2-5-13-9/h1-6H,7,12H2. The Morgan fingerprint density at radius 1 is 1.12 bits per heavy atom. The Morgan fingerprint density at radius 3 is 2.82 bits per heavy atom. The van der Waals surface area contributed by atoms with Crippen molar-refractivity contribution in [2.24, 2.45) is 5.73 Å². The highest BCUT2D eigenvalue weighted by Gasteiger charge is 2.09. The van der Waals surface area contributed by atoms with E-state index < -0.39 is 0 Å². The summed E-state index contributed by atoms with van der Waals surface area (Å²) in [6.07, 6.45) is 3.38. The van der Waals surface area contributed by atoms with Crippen molar-refractivity contribution in [2.45, 2.75) is 6.54 Å². The van der Waals surface area contributed by atoms with Crippen LogP contribution in [0.3, 0.4) is 0 Å². The maximum absolute atomic E-state index is 5.63. The van der Waals surface area contributed by atoms with Gasteiger partial charge in [-0.2, -0.15) is 9.50 Å². The second-order valence-corrected chi connectivity index (χ2v) is 3.50. The molecule has 0 aromatic carbocycles. The predicted molar refractivity (Wildman–Crippen MR) is 61.9 cm³/mol. The topological polar surface area (TPSA) is 82.0 Å². The number of rotatable bonds is 2. The summed E-state index contributed by atoms with van der Waals surface area (Å²) in [5.74, 6) is 1.09. The molecule has 0 atom stereocenters. The first-order valence-corrected chi connectivity index (χ1v) is 5.20. The highest BCUT2D eigenvalue weighted by Crippen LogP contribution is 2.12. The number of pyridine rings is 1. The van der Waals surface area contributed by atoms with Crippen molar-refractivity contribution < 1.29 is 0 Å². The Morgan fingerprint density at radius 2 is 2.06 bits per heavy atom. The molecule has 6 heteroatoms. The van der Waals surface area contributed by atoms with Gasteiger partial charge in [0, 0.05) is 18.9 Å². The number of nitrogens with zero attached hydrogens (tertiary/aromatic N) is 5. The van der Waals surface area contributed by atoms with Crippen molar-refractivity contribution in [3.8, 4) is 11.5 Å². The zero-order valence-electron chi connectivity index (χ0n) is 8.98. The van der Waals surface area contributed by atoms with Crippen LogP contribution < -0.4 is 5.73 Å². The monoisotopic (exact) mass is 226 g/mol. The van der Waals surface area contributed by atoms with E-state index in [1.54, 1.807) is 16.9 Å².